The minimum Gasteiger partial charge on any atom is -0.366 e. The fraction of sp³-hybridized carbons (Fsp3) is 0.625. The van der Waals surface area contributed by atoms with Gasteiger partial charge in [-0.3, -0.25) is 4.90 Å². The zero-order chi connectivity index (χ0) is 14.3. The molecule has 2 unspecified atom stereocenters. The van der Waals surface area contributed by atoms with Crippen LogP contribution in [-0.4, -0.2) is 36.6 Å². The number of hydrogen-bond acceptors (Lipinski definition) is 3. The van der Waals surface area contributed by atoms with Gasteiger partial charge in [-0.25, -0.2) is 4.39 Å². The molecule has 1 aromatic rings. The van der Waals surface area contributed by atoms with Gasteiger partial charge in [-0.15, -0.1) is 0 Å². The van der Waals surface area contributed by atoms with Crippen LogP contribution in [0.3, 0.4) is 0 Å². The highest BCUT2D eigenvalue weighted by molar-refractivity contribution is 5.57. The summed E-state index contributed by atoms with van der Waals surface area (Å²) in [4.78, 5) is 4.93. The van der Waals surface area contributed by atoms with Gasteiger partial charge in [0.1, 0.15) is 5.82 Å². The van der Waals surface area contributed by atoms with Crippen LogP contribution >= 0.6 is 0 Å². The number of nitrogens with zero attached hydrogens (tertiary/aromatic N) is 2. The second-order valence-corrected chi connectivity index (χ2v) is 6.25. The molecule has 0 radical (unpaired) electrons. The summed E-state index contributed by atoms with van der Waals surface area (Å²) in [5.74, 6) is -0.182. The maximum Gasteiger partial charge on any atom is 0.130 e. The molecule has 0 spiro atoms. The molecule has 2 saturated heterocycles. The SMILES string of the molecule is CC1CN2CCCC2CN1c1cccc(F)c1[C@H](C)N. The molecule has 110 valence electrons. The number of hydrogen-bond donors (Lipinski definition) is 1. The van der Waals surface area contributed by atoms with E-state index in [4.69, 9.17) is 5.73 Å². The first kappa shape index (κ1) is 13.8. The molecule has 1 aromatic carbocycles. The predicted octanol–water partition coefficient (Wildman–Crippen LogP) is 2.52. The summed E-state index contributed by atoms with van der Waals surface area (Å²) in [6.07, 6.45) is 2.54. The lowest BCUT2D eigenvalue weighted by Crippen LogP contribution is -2.55. The number of anilines is 1. The number of nitrogens with two attached hydrogens (primary N) is 1. The van der Waals surface area contributed by atoms with Crippen LogP contribution in [0.25, 0.3) is 0 Å². The van der Waals surface area contributed by atoms with E-state index < -0.39 is 0 Å². The molecule has 20 heavy (non-hydrogen) atoms. The monoisotopic (exact) mass is 277 g/mol. The quantitative estimate of drug-likeness (QED) is 0.901. The molecule has 2 fully saturated rings. The Balaban J connectivity index is 1.94. The zero-order valence-electron chi connectivity index (χ0n) is 12.3. The predicted molar refractivity (Wildman–Crippen MR) is 80.4 cm³/mol. The zero-order valence-corrected chi connectivity index (χ0v) is 12.3. The summed E-state index contributed by atoms with van der Waals surface area (Å²) in [6, 6.07) is 6.07. The van der Waals surface area contributed by atoms with Crippen LogP contribution in [0.4, 0.5) is 10.1 Å². The Bertz CT molecular complexity index is 489. The molecular formula is C16H24FN3. The van der Waals surface area contributed by atoms with Crippen LogP contribution in [-0.2, 0) is 0 Å². The Morgan fingerprint density at radius 2 is 2.15 bits per heavy atom. The largest absolute Gasteiger partial charge is 0.366 e. The topological polar surface area (TPSA) is 32.5 Å². The first-order chi connectivity index (χ1) is 9.58. The fourth-order valence-corrected chi connectivity index (χ4v) is 3.75. The van der Waals surface area contributed by atoms with Crippen molar-refractivity contribution in [2.24, 2.45) is 5.73 Å². The average molecular weight is 277 g/mol. The van der Waals surface area contributed by atoms with E-state index in [1.807, 2.05) is 13.0 Å². The highest BCUT2D eigenvalue weighted by atomic mass is 19.1. The molecule has 2 aliphatic rings. The lowest BCUT2D eigenvalue weighted by atomic mass is 10.0. The van der Waals surface area contributed by atoms with E-state index in [1.54, 1.807) is 6.07 Å². The lowest BCUT2D eigenvalue weighted by Gasteiger charge is -2.44. The Labute approximate surface area is 120 Å². The number of rotatable bonds is 2. The first-order valence-electron chi connectivity index (χ1n) is 7.62. The summed E-state index contributed by atoms with van der Waals surface area (Å²) >= 11 is 0. The molecule has 0 aromatic heterocycles. The third-order valence-corrected chi connectivity index (χ3v) is 4.73. The number of piperazine rings is 1. The van der Waals surface area contributed by atoms with E-state index in [-0.39, 0.29) is 11.9 Å². The van der Waals surface area contributed by atoms with Gasteiger partial charge in [-0.1, -0.05) is 6.07 Å². The Morgan fingerprint density at radius 1 is 1.35 bits per heavy atom. The summed E-state index contributed by atoms with van der Waals surface area (Å²) in [6.45, 7) is 7.36. The lowest BCUT2D eigenvalue weighted by molar-refractivity contribution is 0.202. The third-order valence-electron chi connectivity index (χ3n) is 4.73. The summed E-state index contributed by atoms with van der Waals surface area (Å²) in [7, 11) is 0. The van der Waals surface area contributed by atoms with Gasteiger partial charge < -0.3 is 10.6 Å². The van der Waals surface area contributed by atoms with Crippen LogP contribution < -0.4 is 10.6 Å². The van der Waals surface area contributed by atoms with Crippen molar-refractivity contribution in [3.63, 3.8) is 0 Å². The maximum absolute atomic E-state index is 14.1. The highest BCUT2D eigenvalue weighted by Gasteiger charge is 2.35. The smallest absolute Gasteiger partial charge is 0.130 e. The second kappa shape index (κ2) is 5.34. The van der Waals surface area contributed by atoms with E-state index in [0.29, 0.717) is 17.6 Å². The molecule has 3 rings (SSSR count). The maximum atomic E-state index is 14.1. The van der Waals surface area contributed by atoms with Crippen LogP contribution in [0.2, 0.25) is 0 Å². The van der Waals surface area contributed by atoms with E-state index in [0.717, 1.165) is 18.8 Å². The molecular weight excluding hydrogens is 253 g/mol. The molecule has 0 saturated carbocycles. The number of benzene rings is 1. The molecule has 3 atom stereocenters. The van der Waals surface area contributed by atoms with Gasteiger partial charge in [0.25, 0.3) is 0 Å². The van der Waals surface area contributed by atoms with Gasteiger partial charge in [0.15, 0.2) is 0 Å². The number of fused-ring (bicyclic) bond motifs is 1. The van der Waals surface area contributed by atoms with Crippen molar-refractivity contribution in [3.8, 4) is 0 Å². The Hall–Kier alpha value is -1.13. The molecule has 2 heterocycles. The molecule has 0 bridgehead atoms. The van der Waals surface area contributed by atoms with Crippen molar-refractivity contribution >= 4 is 5.69 Å². The highest BCUT2D eigenvalue weighted by Crippen LogP contribution is 2.33. The van der Waals surface area contributed by atoms with Crippen molar-refractivity contribution in [1.29, 1.82) is 0 Å². The summed E-state index contributed by atoms with van der Waals surface area (Å²) < 4.78 is 14.1. The van der Waals surface area contributed by atoms with E-state index in [9.17, 15) is 4.39 Å². The first-order valence-corrected chi connectivity index (χ1v) is 7.62. The van der Waals surface area contributed by atoms with Crippen LogP contribution in [0, 0.1) is 5.82 Å². The second-order valence-electron chi connectivity index (χ2n) is 6.25. The summed E-state index contributed by atoms with van der Waals surface area (Å²) in [5.41, 5.74) is 7.64. The standard InChI is InChI=1S/C16H24FN3/c1-11-9-19-8-4-5-13(19)10-20(11)15-7-3-6-14(17)16(15)12(2)18/h3,6-7,11-13H,4-5,8-10,18H2,1-2H3/t11?,12-,13?/m0/s1. The molecule has 3 nitrogen and oxygen atoms in total. The van der Waals surface area contributed by atoms with Gasteiger partial charge in [0, 0.05) is 42.5 Å². The van der Waals surface area contributed by atoms with Crippen LogP contribution in [0.15, 0.2) is 18.2 Å². The van der Waals surface area contributed by atoms with Gasteiger partial charge >= 0.3 is 0 Å². The van der Waals surface area contributed by atoms with Crippen molar-refractivity contribution in [2.75, 3.05) is 24.5 Å². The normalized spacial score (nSPS) is 28.5. The summed E-state index contributed by atoms with van der Waals surface area (Å²) in [5, 5.41) is 0. The number of halogens is 1. The van der Waals surface area contributed by atoms with Gasteiger partial charge in [0.2, 0.25) is 0 Å². The van der Waals surface area contributed by atoms with E-state index in [1.165, 1.54) is 25.5 Å². The van der Waals surface area contributed by atoms with Crippen molar-refractivity contribution in [1.82, 2.24) is 4.90 Å². The van der Waals surface area contributed by atoms with E-state index in [2.05, 4.69) is 16.7 Å². The Morgan fingerprint density at radius 3 is 2.90 bits per heavy atom. The Kier molecular flexibility index (Phi) is 3.69. The molecule has 4 heteroatoms. The van der Waals surface area contributed by atoms with Crippen LogP contribution in [0.5, 0.6) is 0 Å². The minimum atomic E-state index is -0.278. The third kappa shape index (κ3) is 2.31. The van der Waals surface area contributed by atoms with Gasteiger partial charge in [-0.05, 0) is 45.4 Å². The molecule has 2 aliphatic heterocycles. The van der Waals surface area contributed by atoms with Crippen LogP contribution in [0.1, 0.15) is 38.3 Å². The van der Waals surface area contributed by atoms with Gasteiger partial charge in [0.05, 0.1) is 0 Å². The molecule has 0 aliphatic carbocycles. The molecule has 2 N–H and O–H groups in total. The van der Waals surface area contributed by atoms with Crippen molar-refractivity contribution in [2.45, 2.75) is 44.8 Å². The molecule has 0 amide bonds. The fourth-order valence-electron chi connectivity index (χ4n) is 3.75. The van der Waals surface area contributed by atoms with Gasteiger partial charge in [-0.2, -0.15) is 0 Å². The van der Waals surface area contributed by atoms with Crippen molar-refractivity contribution in [3.05, 3.63) is 29.6 Å². The van der Waals surface area contributed by atoms with Crippen molar-refractivity contribution < 1.29 is 4.39 Å². The average Bonchev–Trinajstić information content (AvgIpc) is 2.84. The minimum absolute atomic E-state index is 0.182. The van der Waals surface area contributed by atoms with E-state index >= 15 is 0 Å².